The molecule has 1 saturated heterocycles. The number of hydrogen-bond acceptors (Lipinski definition) is 3. The van der Waals surface area contributed by atoms with Crippen LogP contribution in [0.1, 0.15) is 23.2 Å². The summed E-state index contributed by atoms with van der Waals surface area (Å²) >= 11 is 5.95. The summed E-state index contributed by atoms with van der Waals surface area (Å²) in [6.07, 6.45) is 1.97. The van der Waals surface area contributed by atoms with Crippen LogP contribution in [0.15, 0.2) is 18.2 Å². The van der Waals surface area contributed by atoms with Crippen LogP contribution in [-0.4, -0.2) is 59.6 Å². The van der Waals surface area contributed by atoms with Crippen molar-refractivity contribution in [3.63, 3.8) is 0 Å². The first-order valence-corrected chi connectivity index (χ1v) is 8.08. The van der Waals surface area contributed by atoms with Crippen LogP contribution in [0.25, 0.3) is 0 Å². The number of rotatable bonds is 4. The van der Waals surface area contributed by atoms with Gasteiger partial charge in [0.25, 0.3) is 5.91 Å². The molecule has 0 bridgehead atoms. The molecule has 6 heteroatoms. The fourth-order valence-electron chi connectivity index (χ4n) is 2.89. The summed E-state index contributed by atoms with van der Waals surface area (Å²) in [5, 5.41) is 10.1. The van der Waals surface area contributed by atoms with E-state index in [1.54, 1.807) is 4.90 Å². The number of β-amino-alcohol motifs (C(OH)–C–C–N with tert-alkyl or cyclic N) is 1. The first-order chi connectivity index (χ1) is 10.6. The number of halogens is 2. The molecule has 1 heterocycles. The van der Waals surface area contributed by atoms with Crippen LogP contribution in [-0.2, 0) is 0 Å². The Morgan fingerprint density at radius 3 is 2.59 bits per heavy atom. The van der Waals surface area contributed by atoms with Crippen LogP contribution in [0, 0.1) is 11.7 Å². The summed E-state index contributed by atoms with van der Waals surface area (Å²) in [5.41, 5.74) is -0.0457. The molecule has 1 aromatic carbocycles. The normalized spacial score (nSPS) is 21.0. The lowest BCUT2D eigenvalue weighted by molar-refractivity contribution is 0.0486. The van der Waals surface area contributed by atoms with E-state index in [9.17, 15) is 14.3 Å². The summed E-state index contributed by atoms with van der Waals surface area (Å²) < 4.78 is 13.8. The van der Waals surface area contributed by atoms with Crippen molar-refractivity contribution in [3.05, 3.63) is 34.6 Å². The average Bonchev–Trinajstić information content (AvgIpc) is 3.32. The van der Waals surface area contributed by atoms with E-state index in [0.29, 0.717) is 38.6 Å². The van der Waals surface area contributed by atoms with Crippen LogP contribution in [0.2, 0.25) is 5.02 Å². The monoisotopic (exact) mass is 326 g/mol. The Morgan fingerprint density at radius 1 is 1.32 bits per heavy atom. The molecule has 2 fully saturated rings. The van der Waals surface area contributed by atoms with Gasteiger partial charge in [0.15, 0.2) is 0 Å². The zero-order chi connectivity index (χ0) is 15.7. The highest BCUT2D eigenvalue weighted by molar-refractivity contribution is 6.33. The zero-order valence-electron chi connectivity index (χ0n) is 12.3. The minimum atomic E-state index is -0.580. The summed E-state index contributed by atoms with van der Waals surface area (Å²) in [5.74, 6) is -0.480. The van der Waals surface area contributed by atoms with Gasteiger partial charge in [0.2, 0.25) is 0 Å². The van der Waals surface area contributed by atoms with E-state index in [2.05, 4.69) is 4.90 Å². The lowest BCUT2D eigenvalue weighted by Crippen LogP contribution is -2.50. The standard InChI is InChI=1S/C16H20ClFN2O2/c17-12-2-1-3-13(18)15(12)16(22)20-8-6-19(7-9-20)10-14(21)11-4-5-11/h1-3,11,14,21H,4-10H2/t14-/m1/s1. The third kappa shape index (κ3) is 3.42. The maximum Gasteiger partial charge on any atom is 0.258 e. The van der Waals surface area contributed by atoms with Gasteiger partial charge in [-0.3, -0.25) is 9.69 Å². The highest BCUT2D eigenvalue weighted by Gasteiger charge is 2.32. The molecular formula is C16H20ClFN2O2. The molecule has 3 rings (SSSR count). The molecule has 1 aromatic rings. The van der Waals surface area contributed by atoms with Gasteiger partial charge in [0.1, 0.15) is 5.82 Å². The maximum absolute atomic E-state index is 13.8. The van der Waals surface area contributed by atoms with E-state index >= 15 is 0 Å². The minimum absolute atomic E-state index is 0.0457. The van der Waals surface area contributed by atoms with Crippen LogP contribution in [0.3, 0.4) is 0 Å². The molecule has 0 unspecified atom stereocenters. The largest absolute Gasteiger partial charge is 0.392 e. The highest BCUT2D eigenvalue weighted by Crippen LogP contribution is 2.33. The number of benzene rings is 1. The quantitative estimate of drug-likeness (QED) is 0.920. The first-order valence-electron chi connectivity index (χ1n) is 7.70. The van der Waals surface area contributed by atoms with Crippen molar-refractivity contribution < 1.29 is 14.3 Å². The second-order valence-corrected chi connectivity index (χ2v) is 6.50. The van der Waals surface area contributed by atoms with Crippen LogP contribution >= 0.6 is 11.6 Å². The number of piperazine rings is 1. The number of carbonyl (C=O) groups excluding carboxylic acids is 1. The Hall–Kier alpha value is -1.17. The second-order valence-electron chi connectivity index (χ2n) is 6.09. The van der Waals surface area contributed by atoms with Crippen molar-refractivity contribution in [1.29, 1.82) is 0 Å². The molecule has 1 saturated carbocycles. The highest BCUT2D eigenvalue weighted by atomic mass is 35.5. The summed E-state index contributed by atoms with van der Waals surface area (Å²) in [4.78, 5) is 16.2. The molecule has 22 heavy (non-hydrogen) atoms. The number of nitrogens with zero attached hydrogens (tertiary/aromatic N) is 2. The fraction of sp³-hybridized carbons (Fsp3) is 0.562. The van der Waals surface area contributed by atoms with Crippen molar-refractivity contribution in [2.24, 2.45) is 5.92 Å². The molecule has 4 nitrogen and oxygen atoms in total. The van der Waals surface area contributed by atoms with Crippen LogP contribution in [0.5, 0.6) is 0 Å². The van der Waals surface area contributed by atoms with Crippen LogP contribution < -0.4 is 0 Å². The molecule has 1 amide bonds. The van der Waals surface area contributed by atoms with Gasteiger partial charge in [-0.1, -0.05) is 17.7 Å². The molecule has 2 aliphatic rings. The number of aliphatic hydroxyl groups is 1. The Labute approximate surface area is 134 Å². The van der Waals surface area contributed by atoms with E-state index in [4.69, 9.17) is 11.6 Å². The van der Waals surface area contributed by atoms with Crippen molar-refractivity contribution in [1.82, 2.24) is 9.80 Å². The Balaban J connectivity index is 1.57. The number of aliphatic hydroxyl groups excluding tert-OH is 1. The van der Waals surface area contributed by atoms with E-state index in [1.807, 2.05) is 0 Å². The van der Waals surface area contributed by atoms with E-state index in [-0.39, 0.29) is 22.6 Å². The van der Waals surface area contributed by atoms with Crippen molar-refractivity contribution in [3.8, 4) is 0 Å². The first kappa shape index (κ1) is 15.7. The van der Waals surface area contributed by atoms with Gasteiger partial charge in [-0.15, -0.1) is 0 Å². The fourth-order valence-corrected chi connectivity index (χ4v) is 3.13. The Kier molecular flexibility index (Phi) is 4.66. The van der Waals surface area contributed by atoms with E-state index in [0.717, 1.165) is 12.8 Å². The molecule has 0 radical (unpaired) electrons. The summed E-state index contributed by atoms with van der Waals surface area (Å²) in [6.45, 7) is 3.11. The van der Waals surface area contributed by atoms with Crippen molar-refractivity contribution in [2.75, 3.05) is 32.7 Å². The molecule has 1 N–H and O–H groups in total. The number of hydrogen-bond donors (Lipinski definition) is 1. The molecule has 120 valence electrons. The van der Waals surface area contributed by atoms with E-state index < -0.39 is 5.82 Å². The molecular weight excluding hydrogens is 307 g/mol. The van der Waals surface area contributed by atoms with Gasteiger partial charge in [0, 0.05) is 32.7 Å². The van der Waals surface area contributed by atoms with Gasteiger partial charge in [0.05, 0.1) is 16.7 Å². The van der Waals surface area contributed by atoms with Crippen molar-refractivity contribution in [2.45, 2.75) is 18.9 Å². The topological polar surface area (TPSA) is 43.8 Å². The lowest BCUT2D eigenvalue weighted by Gasteiger charge is -2.35. The SMILES string of the molecule is O=C(c1c(F)cccc1Cl)N1CCN(C[C@@H](O)C2CC2)CC1. The summed E-state index contributed by atoms with van der Waals surface area (Å²) in [6, 6.07) is 4.27. The summed E-state index contributed by atoms with van der Waals surface area (Å²) in [7, 11) is 0. The van der Waals surface area contributed by atoms with Crippen molar-refractivity contribution >= 4 is 17.5 Å². The smallest absolute Gasteiger partial charge is 0.258 e. The zero-order valence-corrected chi connectivity index (χ0v) is 13.1. The third-order valence-electron chi connectivity index (χ3n) is 4.45. The van der Waals surface area contributed by atoms with Gasteiger partial charge in [-0.2, -0.15) is 0 Å². The maximum atomic E-state index is 13.8. The average molecular weight is 327 g/mol. The van der Waals surface area contributed by atoms with Gasteiger partial charge in [-0.05, 0) is 30.9 Å². The lowest BCUT2D eigenvalue weighted by atomic mass is 10.1. The van der Waals surface area contributed by atoms with E-state index in [1.165, 1.54) is 18.2 Å². The predicted octanol–water partition coefficient (Wildman–Crippen LogP) is 2.01. The minimum Gasteiger partial charge on any atom is -0.392 e. The third-order valence-corrected chi connectivity index (χ3v) is 4.76. The predicted molar refractivity (Wildman–Crippen MR) is 82.5 cm³/mol. The molecule has 0 spiro atoms. The number of carbonyl (C=O) groups is 1. The molecule has 1 atom stereocenters. The Bertz CT molecular complexity index is 537. The van der Waals surface area contributed by atoms with Gasteiger partial charge >= 0.3 is 0 Å². The molecule has 1 aliphatic heterocycles. The number of amides is 1. The molecule has 0 aromatic heterocycles. The van der Waals surface area contributed by atoms with Crippen LogP contribution in [0.4, 0.5) is 4.39 Å². The Morgan fingerprint density at radius 2 is 2.00 bits per heavy atom. The van der Waals surface area contributed by atoms with Gasteiger partial charge < -0.3 is 10.0 Å². The second kappa shape index (κ2) is 6.52. The molecule has 1 aliphatic carbocycles. The van der Waals surface area contributed by atoms with Gasteiger partial charge in [-0.25, -0.2) is 4.39 Å².